The molecule has 3 aromatic carbocycles. The molecule has 0 spiro atoms. The number of ether oxygens (including phenoxy) is 1. The van der Waals surface area contributed by atoms with E-state index in [0.717, 1.165) is 17.6 Å². The third kappa shape index (κ3) is 7.32. The Morgan fingerprint density at radius 2 is 1.67 bits per heavy atom. The molecule has 9 heteroatoms. The molecule has 0 saturated carbocycles. The number of amides is 1. The summed E-state index contributed by atoms with van der Waals surface area (Å²) in [6, 6.07) is 19.7. The smallest absolute Gasteiger partial charge is 0.406 e. The van der Waals surface area contributed by atoms with Gasteiger partial charge in [0.05, 0.1) is 5.69 Å². The number of hydrogen-bond donors (Lipinski definition) is 1. The van der Waals surface area contributed by atoms with E-state index in [1.165, 1.54) is 35.3 Å². The molecule has 198 valence electrons. The SMILES string of the molecule is C=C/C=C\C(=C/CC)c1ccc(C(=O)Nc2ccc(-c3ncn(-c4ccc(OC(F)(F)F)cc4)n3)cc2)cc1. The van der Waals surface area contributed by atoms with E-state index in [1.807, 2.05) is 24.3 Å². The number of alkyl halides is 3. The number of aromatic nitrogens is 3. The fraction of sp³-hybridized carbons (Fsp3) is 0.100. The summed E-state index contributed by atoms with van der Waals surface area (Å²) in [5.74, 6) is -0.142. The molecule has 39 heavy (non-hydrogen) atoms. The molecule has 1 aromatic heterocycles. The summed E-state index contributed by atoms with van der Waals surface area (Å²) in [6.07, 6.45) is 5.28. The number of hydrogen-bond acceptors (Lipinski definition) is 4. The van der Waals surface area contributed by atoms with Crippen LogP contribution < -0.4 is 10.1 Å². The first kappa shape index (κ1) is 27.1. The number of carbonyl (C=O) groups excluding carboxylic acids is 1. The maximum Gasteiger partial charge on any atom is 0.573 e. The molecule has 0 aliphatic heterocycles. The highest BCUT2D eigenvalue weighted by Gasteiger charge is 2.31. The van der Waals surface area contributed by atoms with Crippen LogP contribution in [-0.2, 0) is 0 Å². The van der Waals surface area contributed by atoms with Crippen LogP contribution in [0.1, 0.15) is 29.3 Å². The third-order valence-electron chi connectivity index (χ3n) is 5.54. The first-order valence-electron chi connectivity index (χ1n) is 12.0. The van der Waals surface area contributed by atoms with Crippen molar-refractivity contribution in [1.82, 2.24) is 14.8 Å². The van der Waals surface area contributed by atoms with Crippen molar-refractivity contribution in [2.75, 3.05) is 5.32 Å². The highest BCUT2D eigenvalue weighted by Crippen LogP contribution is 2.25. The Labute approximate surface area is 223 Å². The fourth-order valence-electron chi connectivity index (χ4n) is 3.71. The van der Waals surface area contributed by atoms with Gasteiger partial charge in [0.1, 0.15) is 12.1 Å². The Morgan fingerprint density at radius 1 is 1.00 bits per heavy atom. The van der Waals surface area contributed by atoms with Crippen LogP contribution in [0.25, 0.3) is 22.6 Å². The number of benzene rings is 3. The maximum absolute atomic E-state index is 12.8. The number of anilines is 1. The fourth-order valence-corrected chi connectivity index (χ4v) is 3.71. The van der Waals surface area contributed by atoms with Gasteiger partial charge < -0.3 is 10.1 Å². The van der Waals surface area contributed by atoms with Gasteiger partial charge in [0.2, 0.25) is 0 Å². The molecule has 6 nitrogen and oxygen atoms in total. The van der Waals surface area contributed by atoms with Crippen molar-refractivity contribution in [3.63, 3.8) is 0 Å². The van der Waals surface area contributed by atoms with Gasteiger partial charge in [0.25, 0.3) is 5.91 Å². The van der Waals surface area contributed by atoms with Gasteiger partial charge in [-0.05, 0) is 78.2 Å². The molecule has 0 fully saturated rings. The van der Waals surface area contributed by atoms with E-state index in [1.54, 1.807) is 42.5 Å². The van der Waals surface area contributed by atoms with Crippen molar-refractivity contribution >= 4 is 17.2 Å². The first-order valence-corrected chi connectivity index (χ1v) is 12.0. The Bertz CT molecular complexity index is 1490. The van der Waals surface area contributed by atoms with Crippen LogP contribution >= 0.6 is 0 Å². The number of nitrogens with one attached hydrogen (secondary N) is 1. The van der Waals surface area contributed by atoms with E-state index in [-0.39, 0.29) is 11.7 Å². The summed E-state index contributed by atoms with van der Waals surface area (Å²) in [7, 11) is 0. The molecule has 0 aliphatic rings. The number of allylic oxidation sites excluding steroid dienone is 5. The van der Waals surface area contributed by atoms with Crippen LogP contribution in [0, 0.1) is 0 Å². The molecule has 4 rings (SSSR count). The normalized spacial score (nSPS) is 11.9. The van der Waals surface area contributed by atoms with E-state index < -0.39 is 6.36 Å². The summed E-state index contributed by atoms with van der Waals surface area (Å²) in [6.45, 7) is 5.77. The predicted octanol–water partition coefficient (Wildman–Crippen LogP) is 7.62. The minimum absolute atomic E-state index is 0.239. The van der Waals surface area contributed by atoms with Gasteiger partial charge in [-0.25, -0.2) is 9.67 Å². The number of halogens is 3. The summed E-state index contributed by atoms with van der Waals surface area (Å²) in [5.41, 5.74) is 4.42. The molecule has 0 unspecified atom stereocenters. The van der Waals surface area contributed by atoms with Gasteiger partial charge in [-0.3, -0.25) is 4.79 Å². The molecule has 0 atom stereocenters. The summed E-state index contributed by atoms with van der Waals surface area (Å²) in [4.78, 5) is 17.0. The predicted molar refractivity (Wildman–Crippen MR) is 145 cm³/mol. The zero-order valence-corrected chi connectivity index (χ0v) is 21.0. The molecule has 0 aliphatic carbocycles. The molecular weight excluding hydrogens is 505 g/mol. The van der Waals surface area contributed by atoms with Gasteiger partial charge in [-0.15, -0.1) is 18.3 Å². The topological polar surface area (TPSA) is 69.0 Å². The van der Waals surface area contributed by atoms with E-state index in [4.69, 9.17) is 0 Å². The average molecular weight is 531 g/mol. The van der Waals surface area contributed by atoms with Crippen LogP contribution in [0.4, 0.5) is 18.9 Å². The van der Waals surface area contributed by atoms with Crippen LogP contribution in [0.3, 0.4) is 0 Å². The van der Waals surface area contributed by atoms with E-state index >= 15 is 0 Å². The molecule has 1 heterocycles. The van der Waals surface area contributed by atoms with E-state index in [2.05, 4.69) is 39.7 Å². The van der Waals surface area contributed by atoms with Crippen LogP contribution in [0.2, 0.25) is 0 Å². The highest BCUT2D eigenvalue weighted by atomic mass is 19.4. The third-order valence-corrected chi connectivity index (χ3v) is 5.54. The number of nitrogens with zero attached hydrogens (tertiary/aromatic N) is 3. The zero-order chi connectivity index (χ0) is 27.8. The summed E-state index contributed by atoms with van der Waals surface area (Å²) in [5, 5.41) is 7.27. The first-order chi connectivity index (χ1) is 18.8. The van der Waals surface area contributed by atoms with Crippen molar-refractivity contribution in [1.29, 1.82) is 0 Å². The molecule has 0 saturated heterocycles. The lowest BCUT2D eigenvalue weighted by atomic mass is 10.0. The van der Waals surface area contributed by atoms with Gasteiger partial charge >= 0.3 is 6.36 Å². The van der Waals surface area contributed by atoms with Crippen LogP contribution in [0.5, 0.6) is 5.75 Å². The van der Waals surface area contributed by atoms with Gasteiger partial charge in [-0.1, -0.05) is 49.9 Å². The minimum atomic E-state index is -4.75. The lowest BCUT2D eigenvalue weighted by Crippen LogP contribution is -2.17. The standard InChI is InChI=1S/C30H25F3N4O2/c1-3-5-7-21(6-4-2)22-8-10-24(11-9-22)29(38)35-25-14-12-23(13-15-25)28-34-20-37(36-28)26-16-18-27(19-17-26)39-30(31,32)33/h3,5-20H,1,4H2,2H3,(H,35,38)/b7-5-,21-6+. The molecule has 4 aromatic rings. The molecule has 1 amide bonds. The minimum Gasteiger partial charge on any atom is -0.406 e. The van der Waals surface area contributed by atoms with Crippen molar-refractivity contribution in [3.8, 4) is 22.8 Å². The Hall–Kier alpha value is -4.92. The van der Waals surface area contributed by atoms with Crippen molar-refractivity contribution < 1.29 is 22.7 Å². The van der Waals surface area contributed by atoms with Crippen molar-refractivity contribution in [3.05, 3.63) is 121 Å². The average Bonchev–Trinajstić information content (AvgIpc) is 3.41. The lowest BCUT2D eigenvalue weighted by Gasteiger charge is -2.09. The Balaban J connectivity index is 1.40. The Morgan fingerprint density at radius 3 is 2.28 bits per heavy atom. The molecule has 0 bridgehead atoms. The molecule has 1 N–H and O–H groups in total. The second-order valence-electron chi connectivity index (χ2n) is 8.33. The maximum atomic E-state index is 12.8. The number of carbonyl (C=O) groups is 1. The van der Waals surface area contributed by atoms with Gasteiger partial charge in [-0.2, -0.15) is 0 Å². The largest absolute Gasteiger partial charge is 0.573 e. The van der Waals surface area contributed by atoms with E-state index in [0.29, 0.717) is 28.3 Å². The van der Waals surface area contributed by atoms with Gasteiger partial charge in [0, 0.05) is 16.8 Å². The summed E-state index contributed by atoms with van der Waals surface area (Å²) >= 11 is 0. The second kappa shape index (κ2) is 12.1. The second-order valence-corrected chi connectivity index (χ2v) is 8.33. The van der Waals surface area contributed by atoms with Gasteiger partial charge in [0.15, 0.2) is 5.82 Å². The van der Waals surface area contributed by atoms with E-state index in [9.17, 15) is 18.0 Å². The monoisotopic (exact) mass is 530 g/mol. The van der Waals surface area contributed by atoms with Crippen LogP contribution in [-0.4, -0.2) is 27.0 Å². The zero-order valence-electron chi connectivity index (χ0n) is 21.0. The highest BCUT2D eigenvalue weighted by molar-refractivity contribution is 6.04. The molecular formula is C30H25F3N4O2. The quantitative estimate of drug-likeness (QED) is 0.226. The number of rotatable bonds is 9. The van der Waals surface area contributed by atoms with Crippen LogP contribution in [0.15, 0.2) is 110 Å². The Kier molecular flexibility index (Phi) is 8.40. The van der Waals surface area contributed by atoms with Crippen molar-refractivity contribution in [2.45, 2.75) is 19.7 Å². The van der Waals surface area contributed by atoms with Crippen molar-refractivity contribution in [2.24, 2.45) is 0 Å². The summed E-state index contributed by atoms with van der Waals surface area (Å²) < 4.78 is 42.4. The lowest BCUT2D eigenvalue weighted by molar-refractivity contribution is -0.274. The molecule has 0 radical (unpaired) electrons.